The van der Waals surface area contributed by atoms with Crippen LogP contribution < -0.4 is 10.5 Å². The van der Waals surface area contributed by atoms with Gasteiger partial charge in [0.2, 0.25) is 0 Å². The van der Waals surface area contributed by atoms with Gasteiger partial charge in [-0.3, -0.25) is 19.4 Å². The summed E-state index contributed by atoms with van der Waals surface area (Å²) in [4.78, 5) is 23.0. The lowest BCUT2D eigenvalue weighted by Crippen LogP contribution is -2.58. The summed E-state index contributed by atoms with van der Waals surface area (Å²) in [6, 6.07) is 7.32. The monoisotopic (exact) mass is 504 g/mol. The van der Waals surface area contributed by atoms with E-state index >= 15 is 0 Å². The van der Waals surface area contributed by atoms with E-state index in [0.29, 0.717) is 30.0 Å². The molecule has 3 atom stereocenters. The Kier molecular flexibility index (Phi) is 6.57. The first-order chi connectivity index (χ1) is 18.0. The third-order valence-electron chi connectivity index (χ3n) is 8.86. The van der Waals surface area contributed by atoms with Crippen molar-refractivity contribution in [3.8, 4) is 0 Å². The van der Waals surface area contributed by atoms with E-state index in [1.54, 1.807) is 10.6 Å². The Morgan fingerprint density at radius 2 is 1.89 bits per heavy atom. The Hall–Kier alpha value is -2.71. The molecule has 198 valence electrons. The van der Waals surface area contributed by atoms with Gasteiger partial charge in [-0.05, 0) is 44.2 Å². The van der Waals surface area contributed by atoms with Crippen LogP contribution in [0, 0.1) is 5.92 Å². The highest BCUT2D eigenvalue weighted by molar-refractivity contribution is 5.88. The van der Waals surface area contributed by atoms with Crippen LogP contribution in [0.25, 0.3) is 11.0 Å². The predicted molar refractivity (Wildman–Crippen MR) is 146 cm³/mol. The molecule has 1 unspecified atom stereocenters. The van der Waals surface area contributed by atoms with E-state index in [4.69, 9.17) is 14.8 Å². The van der Waals surface area contributed by atoms with Crippen LogP contribution in [0.3, 0.4) is 0 Å². The molecule has 3 fully saturated rings. The first-order valence-electron chi connectivity index (χ1n) is 14.1. The Morgan fingerprint density at radius 1 is 1.11 bits per heavy atom. The van der Waals surface area contributed by atoms with Crippen molar-refractivity contribution in [3.63, 3.8) is 0 Å². The molecule has 0 N–H and O–H groups in total. The second kappa shape index (κ2) is 9.87. The molecule has 3 aliphatic rings. The minimum Gasteiger partial charge on any atom is -0.381 e. The van der Waals surface area contributed by atoms with Gasteiger partial charge in [0.25, 0.3) is 5.56 Å². The van der Waals surface area contributed by atoms with Gasteiger partial charge >= 0.3 is 0 Å². The lowest BCUT2D eigenvalue weighted by molar-refractivity contribution is -0.0407. The fourth-order valence-corrected chi connectivity index (χ4v) is 6.14. The molecule has 0 radical (unpaired) electrons. The zero-order valence-corrected chi connectivity index (χ0v) is 22.6. The van der Waals surface area contributed by atoms with E-state index < -0.39 is 0 Å². The molecule has 8 heteroatoms. The number of fused-ring (bicyclic) bond motifs is 1. The number of ether oxygens (including phenoxy) is 1. The second-order valence-corrected chi connectivity index (χ2v) is 11.4. The number of nitrogens with zero attached hydrogens (tertiary/aromatic N) is 6. The summed E-state index contributed by atoms with van der Waals surface area (Å²) in [6.45, 7) is 11.1. The zero-order chi connectivity index (χ0) is 25.7. The lowest BCUT2D eigenvalue weighted by atomic mass is 9.97. The summed E-state index contributed by atoms with van der Waals surface area (Å²) < 4.78 is 9.10. The van der Waals surface area contributed by atoms with Crippen LogP contribution in [-0.2, 0) is 18.3 Å². The highest BCUT2D eigenvalue weighted by atomic mass is 16.5. The third-order valence-corrected chi connectivity index (χ3v) is 8.86. The van der Waals surface area contributed by atoms with Gasteiger partial charge < -0.3 is 14.2 Å². The maximum Gasteiger partial charge on any atom is 0.252 e. The Labute approximate surface area is 219 Å². The number of rotatable bonds is 8. The van der Waals surface area contributed by atoms with Gasteiger partial charge in [-0.2, -0.15) is 5.10 Å². The van der Waals surface area contributed by atoms with E-state index in [0.717, 1.165) is 62.4 Å². The molecule has 5 heterocycles. The molecular formula is C29H40N6O2. The number of hydrogen-bond donors (Lipinski definition) is 0. The minimum absolute atomic E-state index is 0.0227. The van der Waals surface area contributed by atoms with Crippen molar-refractivity contribution in [1.82, 2.24) is 24.2 Å². The minimum atomic E-state index is 0.0227. The van der Waals surface area contributed by atoms with Crippen LogP contribution in [0.4, 0.5) is 5.69 Å². The second-order valence-electron chi connectivity index (χ2n) is 11.4. The summed E-state index contributed by atoms with van der Waals surface area (Å²) in [5, 5.41) is 5.00. The molecule has 3 aromatic rings. The average molecular weight is 505 g/mol. The molecule has 6 rings (SSSR count). The molecule has 2 saturated heterocycles. The predicted octanol–water partition coefficient (Wildman–Crippen LogP) is 4.09. The number of aryl methyl sites for hydroxylation is 1. The fraction of sp³-hybridized carbons (Fsp3) is 0.621. The van der Waals surface area contributed by atoms with E-state index in [1.807, 2.05) is 17.9 Å². The van der Waals surface area contributed by atoms with E-state index in [1.165, 1.54) is 24.1 Å². The molecule has 1 saturated carbocycles. The van der Waals surface area contributed by atoms with Gasteiger partial charge in [-0.1, -0.05) is 19.9 Å². The van der Waals surface area contributed by atoms with Gasteiger partial charge in [0.15, 0.2) is 0 Å². The smallest absolute Gasteiger partial charge is 0.252 e. The molecule has 1 aliphatic carbocycles. The molecular weight excluding hydrogens is 464 g/mol. The number of hydrogen-bond acceptors (Lipinski definition) is 6. The Bertz CT molecular complexity index is 1310. The fourth-order valence-electron chi connectivity index (χ4n) is 6.14. The topological polar surface area (TPSA) is 68.4 Å². The zero-order valence-electron chi connectivity index (χ0n) is 22.6. The normalized spacial score (nSPS) is 23.9. The summed E-state index contributed by atoms with van der Waals surface area (Å²) in [7, 11) is 1.85. The van der Waals surface area contributed by atoms with Gasteiger partial charge in [-0.25, -0.2) is 0 Å². The molecule has 0 bridgehead atoms. The van der Waals surface area contributed by atoms with Crippen molar-refractivity contribution >= 4 is 16.7 Å². The van der Waals surface area contributed by atoms with Crippen molar-refractivity contribution in [2.24, 2.45) is 13.0 Å². The Balaban J connectivity index is 1.30. The molecule has 3 aromatic heterocycles. The number of anilines is 1. The van der Waals surface area contributed by atoms with Crippen LogP contribution in [0.1, 0.15) is 69.7 Å². The van der Waals surface area contributed by atoms with Crippen LogP contribution in [0.2, 0.25) is 0 Å². The standard InChI is InChI=1S/C29H40N6O2/c1-5-23-15-35(24(6-2)14-34(23)19(3)22-9-10-25(30-12-22)21-7-8-21)26-11-28(36)32(4)27-16-33(31-29(26)27)13-20-17-37-18-20/h9-12,16,19-21,23-24H,5-8,13-15,17-18H2,1-4H3/t19?,23-,24+/m1/s1. The van der Waals surface area contributed by atoms with Crippen molar-refractivity contribution < 1.29 is 4.74 Å². The summed E-state index contributed by atoms with van der Waals surface area (Å²) >= 11 is 0. The van der Waals surface area contributed by atoms with Crippen LogP contribution in [-0.4, -0.2) is 62.6 Å². The van der Waals surface area contributed by atoms with Crippen LogP contribution in [0.15, 0.2) is 35.4 Å². The van der Waals surface area contributed by atoms with Crippen molar-refractivity contribution in [3.05, 3.63) is 52.2 Å². The highest BCUT2D eigenvalue weighted by Crippen LogP contribution is 2.39. The summed E-state index contributed by atoms with van der Waals surface area (Å²) in [5.41, 5.74) is 5.38. The maximum absolute atomic E-state index is 13.0. The number of piperazine rings is 1. The first-order valence-corrected chi connectivity index (χ1v) is 14.1. The van der Waals surface area contributed by atoms with Crippen molar-refractivity contribution in [2.45, 2.75) is 77.0 Å². The molecule has 8 nitrogen and oxygen atoms in total. The van der Waals surface area contributed by atoms with Gasteiger partial charge in [0, 0.05) is 80.8 Å². The SMILES string of the molecule is CC[C@H]1CN(C(C)c2ccc(C3CC3)nc2)[C@H](CC)CN1c1cc(=O)n(C)c2cn(CC3COC3)nc12. The summed E-state index contributed by atoms with van der Waals surface area (Å²) in [6.07, 6.45) is 8.76. The van der Waals surface area contributed by atoms with E-state index in [-0.39, 0.29) is 5.56 Å². The van der Waals surface area contributed by atoms with Gasteiger partial charge in [0.1, 0.15) is 5.52 Å². The Morgan fingerprint density at radius 3 is 2.51 bits per heavy atom. The number of pyridine rings is 2. The van der Waals surface area contributed by atoms with Gasteiger partial charge in [0.05, 0.1) is 24.4 Å². The number of aromatic nitrogens is 4. The van der Waals surface area contributed by atoms with Gasteiger partial charge in [-0.15, -0.1) is 0 Å². The molecule has 37 heavy (non-hydrogen) atoms. The summed E-state index contributed by atoms with van der Waals surface area (Å²) in [5.74, 6) is 1.18. The third kappa shape index (κ3) is 4.59. The largest absolute Gasteiger partial charge is 0.381 e. The molecule has 0 amide bonds. The van der Waals surface area contributed by atoms with Crippen molar-refractivity contribution in [2.75, 3.05) is 31.2 Å². The van der Waals surface area contributed by atoms with Crippen molar-refractivity contribution in [1.29, 1.82) is 0 Å². The maximum atomic E-state index is 13.0. The average Bonchev–Trinajstić information content (AvgIpc) is 3.66. The molecule has 0 aromatic carbocycles. The van der Waals surface area contributed by atoms with E-state index in [2.05, 4.69) is 48.9 Å². The molecule has 0 spiro atoms. The lowest BCUT2D eigenvalue weighted by Gasteiger charge is -2.49. The van der Waals surface area contributed by atoms with Crippen LogP contribution in [0.5, 0.6) is 0 Å². The highest BCUT2D eigenvalue weighted by Gasteiger charge is 2.36. The first kappa shape index (κ1) is 24.6. The molecule has 2 aliphatic heterocycles. The quantitative estimate of drug-likeness (QED) is 0.460. The van der Waals surface area contributed by atoms with Crippen LogP contribution >= 0.6 is 0 Å². The van der Waals surface area contributed by atoms with E-state index in [9.17, 15) is 4.79 Å².